The van der Waals surface area contributed by atoms with E-state index in [1.165, 1.54) is 7.11 Å². The lowest BCUT2D eigenvalue weighted by Crippen LogP contribution is -2.25. The highest BCUT2D eigenvalue weighted by Crippen LogP contribution is 2.13. The highest BCUT2D eigenvalue weighted by Gasteiger charge is 2.13. The number of carbonyl (C=O) groups is 1. The first-order chi connectivity index (χ1) is 7.22. The summed E-state index contributed by atoms with van der Waals surface area (Å²) in [5, 5.41) is 2.07. The van der Waals surface area contributed by atoms with E-state index >= 15 is 0 Å². The first-order valence-corrected chi connectivity index (χ1v) is 4.48. The van der Waals surface area contributed by atoms with Gasteiger partial charge < -0.3 is 4.98 Å². The molecule has 0 spiro atoms. The summed E-state index contributed by atoms with van der Waals surface area (Å²) in [6.45, 7) is 0. The maximum Gasteiger partial charge on any atom is 0.293 e. The Morgan fingerprint density at radius 1 is 1.60 bits per heavy atom. The summed E-state index contributed by atoms with van der Waals surface area (Å²) in [5.41, 5.74) is 1.17. The third kappa shape index (κ3) is 1.69. The number of pyridine rings is 1. The molecule has 0 aliphatic heterocycles. The fourth-order valence-corrected chi connectivity index (χ4v) is 1.33. The molecule has 0 aliphatic carbocycles. The molecular weight excluding hydrogens is 194 g/mol. The summed E-state index contributed by atoms with van der Waals surface area (Å²) in [6.07, 6.45) is 1.67. The number of fused-ring (bicyclic) bond motifs is 1. The molecule has 15 heavy (non-hydrogen) atoms. The van der Waals surface area contributed by atoms with Crippen LogP contribution in [0.5, 0.6) is 0 Å². The van der Waals surface area contributed by atoms with Crippen molar-refractivity contribution in [3.63, 3.8) is 0 Å². The first kappa shape index (κ1) is 9.67. The molecule has 0 unspecified atom stereocenters. The summed E-state index contributed by atoms with van der Waals surface area (Å²) in [6, 6.07) is 5.47. The van der Waals surface area contributed by atoms with E-state index in [-0.39, 0.29) is 5.91 Å². The van der Waals surface area contributed by atoms with Crippen LogP contribution < -0.4 is 0 Å². The number of rotatable bonds is 2. The molecule has 0 atom stereocenters. The Kier molecular flexibility index (Phi) is 2.39. The van der Waals surface area contributed by atoms with Crippen molar-refractivity contribution in [3.05, 3.63) is 30.1 Å². The van der Waals surface area contributed by atoms with Gasteiger partial charge in [-0.2, -0.15) is 0 Å². The minimum atomic E-state index is -0.226. The first-order valence-electron chi connectivity index (χ1n) is 4.48. The molecule has 0 radical (unpaired) electrons. The molecule has 5 heteroatoms. The lowest BCUT2D eigenvalue weighted by molar-refractivity contribution is -0.0759. The van der Waals surface area contributed by atoms with Crippen LogP contribution in [0.25, 0.3) is 11.0 Å². The summed E-state index contributed by atoms with van der Waals surface area (Å²) in [5.74, 6) is -0.226. The number of hydrogen-bond acceptors (Lipinski definition) is 3. The average Bonchev–Trinajstić information content (AvgIpc) is 2.70. The standard InChI is InChI=1S/C10H11N3O2/c1-13(15-2)10(14)8-6-7-4-3-5-11-9(7)12-8/h3-6H,1-2H3,(H,11,12). The fraction of sp³-hybridized carbons (Fsp3) is 0.200. The number of amides is 1. The quantitative estimate of drug-likeness (QED) is 0.749. The molecule has 2 rings (SSSR count). The number of H-pyrrole nitrogens is 1. The number of nitrogens with one attached hydrogen (secondary N) is 1. The van der Waals surface area contributed by atoms with Gasteiger partial charge in [0.1, 0.15) is 11.3 Å². The van der Waals surface area contributed by atoms with Gasteiger partial charge in [0.25, 0.3) is 5.91 Å². The average molecular weight is 205 g/mol. The van der Waals surface area contributed by atoms with Crippen molar-refractivity contribution in [1.29, 1.82) is 0 Å². The topological polar surface area (TPSA) is 58.2 Å². The number of hydroxylamine groups is 2. The normalized spacial score (nSPS) is 10.5. The third-order valence-electron chi connectivity index (χ3n) is 2.18. The smallest absolute Gasteiger partial charge is 0.293 e. The van der Waals surface area contributed by atoms with E-state index < -0.39 is 0 Å². The van der Waals surface area contributed by atoms with E-state index in [0.29, 0.717) is 11.3 Å². The second kappa shape index (κ2) is 3.70. The predicted molar refractivity (Wildman–Crippen MR) is 55.2 cm³/mol. The van der Waals surface area contributed by atoms with Crippen LogP contribution in [0, 0.1) is 0 Å². The molecule has 0 aliphatic rings. The van der Waals surface area contributed by atoms with Gasteiger partial charge in [0.15, 0.2) is 0 Å². The summed E-state index contributed by atoms with van der Waals surface area (Å²) < 4.78 is 0. The van der Waals surface area contributed by atoms with E-state index in [4.69, 9.17) is 4.84 Å². The third-order valence-corrected chi connectivity index (χ3v) is 2.18. The molecule has 1 N–H and O–H groups in total. The molecule has 2 aromatic rings. The number of nitrogens with zero attached hydrogens (tertiary/aromatic N) is 2. The number of aromatic amines is 1. The van der Waals surface area contributed by atoms with Crippen LogP contribution in [0.15, 0.2) is 24.4 Å². The second-order valence-electron chi connectivity index (χ2n) is 3.11. The van der Waals surface area contributed by atoms with Crippen LogP contribution in [-0.4, -0.2) is 35.1 Å². The Morgan fingerprint density at radius 2 is 2.40 bits per heavy atom. The number of carbonyl (C=O) groups excluding carboxylic acids is 1. The lowest BCUT2D eigenvalue weighted by atomic mass is 10.3. The Labute approximate surface area is 86.6 Å². The summed E-state index contributed by atoms with van der Waals surface area (Å²) in [4.78, 5) is 23.5. The van der Waals surface area contributed by atoms with Gasteiger partial charge >= 0.3 is 0 Å². The number of aromatic nitrogens is 2. The molecule has 0 saturated carbocycles. The molecule has 0 saturated heterocycles. The molecule has 2 aromatic heterocycles. The highest BCUT2D eigenvalue weighted by atomic mass is 16.7. The van der Waals surface area contributed by atoms with Crippen molar-refractivity contribution in [3.8, 4) is 0 Å². The molecule has 78 valence electrons. The predicted octanol–water partition coefficient (Wildman–Crippen LogP) is 1.20. The van der Waals surface area contributed by atoms with Crippen molar-refractivity contribution in [2.24, 2.45) is 0 Å². The molecule has 5 nitrogen and oxygen atoms in total. The van der Waals surface area contributed by atoms with Gasteiger partial charge in [-0.1, -0.05) is 0 Å². The van der Waals surface area contributed by atoms with Crippen LogP contribution in [0.1, 0.15) is 10.5 Å². The maximum absolute atomic E-state index is 11.7. The van der Waals surface area contributed by atoms with Crippen molar-refractivity contribution in [1.82, 2.24) is 15.0 Å². The van der Waals surface area contributed by atoms with Gasteiger partial charge in [0.2, 0.25) is 0 Å². The van der Waals surface area contributed by atoms with E-state index in [2.05, 4.69) is 9.97 Å². The zero-order chi connectivity index (χ0) is 10.8. The van der Waals surface area contributed by atoms with E-state index in [0.717, 1.165) is 10.4 Å². The van der Waals surface area contributed by atoms with Crippen LogP contribution in [-0.2, 0) is 4.84 Å². The van der Waals surface area contributed by atoms with E-state index in [1.807, 2.05) is 12.1 Å². The van der Waals surface area contributed by atoms with Gasteiger partial charge in [-0.15, -0.1) is 0 Å². The highest BCUT2D eigenvalue weighted by molar-refractivity contribution is 5.96. The lowest BCUT2D eigenvalue weighted by Gasteiger charge is -2.11. The van der Waals surface area contributed by atoms with Crippen LogP contribution >= 0.6 is 0 Å². The molecule has 0 fully saturated rings. The van der Waals surface area contributed by atoms with Gasteiger partial charge in [-0.05, 0) is 18.2 Å². The Hall–Kier alpha value is -1.88. The SMILES string of the molecule is CON(C)C(=O)c1cc2cccnc2[nH]1. The van der Waals surface area contributed by atoms with E-state index in [1.54, 1.807) is 19.3 Å². The van der Waals surface area contributed by atoms with Crippen LogP contribution in [0.3, 0.4) is 0 Å². The molecule has 2 heterocycles. The van der Waals surface area contributed by atoms with E-state index in [9.17, 15) is 4.79 Å². The van der Waals surface area contributed by atoms with Crippen LogP contribution in [0.2, 0.25) is 0 Å². The van der Waals surface area contributed by atoms with Crippen molar-refractivity contribution in [2.75, 3.05) is 14.2 Å². The molecule has 0 aromatic carbocycles. The second-order valence-corrected chi connectivity index (χ2v) is 3.11. The molecule has 1 amide bonds. The molecule has 0 bridgehead atoms. The van der Waals surface area contributed by atoms with Crippen molar-refractivity contribution < 1.29 is 9.63 Å². The van der Waals surface area contributed by atoms with Gasteiger partial charge in [-0.3, -0.25) is 9.63 Å². The minimum absolute atomic E-state index is 0.226. The Morgan fingerprint density at radius 3 is 3.07 bits per heavy atom. The zero-order valence-corrected chi connectivity index (χ0v) is 8.52. The Bertz CT molecular complexity index is 459. The van der Waals surface area contributed by atoms with Crippen molar-refractivity contribution >= 4 is 16.9 Å². The Balaban J connectivity index is 2.41. The summed E-state index contributed by atoms with van der Waals surface area (Å²) in [7, 11) is 3.00. The minimum Gasteiger partial charge on any atom is -0.335 e. The maximum atomic E-state index is 11.7. The van der Waals surface area contributed by atoms with Crippen LogP contribution in [0.4, 0.5) is 0 Å². The fourth-order valence-electron chi connectivity index (χ4n) is 1.33. The van der Waals surface area contributed by atoms with Gasteiger partial charge in [-0.25, -0.2) is 10.0 Å². The number of hydrogen-bond donors (Lipinski definition) is 1. The van der Waals surface area contributed by atoms with Gasteiger partial charge in [0, 0.05) is 18.6 Å². The van der Waals surface area contributed by atoms with Crippen molar-refractivity contribution in [2.45, 2.75) is 0 Å². The monoisotopic (exact) mass is 205 g/mol. The largest absolute Gasteiger partial charge is 0.335 e. The zero-order valence-electron chi connectivity index (χ0n) is 8.52. The summed E-state index contributed by atoms with van der Waals surface area (Å²) >= 11 is 0. The molecular formula is C10H11N3O2. The van der Waals surface area contributed by atoms with Gasteiger partial charge in [0.05, 0.1) is 7.11 Å².